The predicted molar refractivity (Wildman–Crippen MR) is 83.2 cm³/mol. The second-order valence-electron chi connectivity index (χ2n) is 4.33. The zero-order valence-corrected chi connectivity index (χ0v) is 13.7. The third kappa shape index (κ3) is 10.5. The van der Waals surface area contributed by atoms with Crippen LogP contribution in [0.4, 0.5) is 0 Å². The third-order valence-corrected chi connectivity index (χ3v) is 2.37. The van der Waals surface area contributed by atoms with Crippen LogP contribution in [0.5, 0.6) is 5.75 Å². The summed E-state index contributed by atoms with van der Waals surface area (Å²) in [4.78, 5) is 1.48. The van der Waals surface area contributed by atoms with Crippen molar-refractivity contribution in [3.8, 4) is 5.75 Å². The molecule has 0 spiro atoms. The maximum atomic E-state index is 7.57. The second kappa shape index (κ2) is 13.4. The first-order valence-corrected chi connectivity index (χ1v) is 7.08. The van der Waals surface area contributed by atoms with Crippen molar-refractivity contribution in [2.45, 2.75) is 34.1 Å². The average Bonchev–Trinajstić information content (AvgIpc) is 2.40. The van der Waals surface area contributed by atoms with E-state index in [2.05, 4.69) is 39.2 Å². The molecule has 1 aromatic rings. The van der Waals surface area contributed by atoms with Gasteiger partial charge in [-0.15, -0.1) is 0 Å². The maximum absolute atomic E-state index is 7.57. The molecule has 0 aliphatic rings. The quantitative estimate of drug-likeness (QED) is 0.873. The lowest BCUT2D eigenvalue weighted by Crippen LogP contribution is -3.05. The minimum Gasteiger partial charge on any atom is -0.496 e. The highest BCUT2D eigenvalue weighted by atomic mass is 16.5. The van der Waals surface area contributed by atoms with Crippen LogP contribution in [0.3, 0.4) is 0 Å². The van der Waals surface area contributed by atoms with Gasteiger partial charge in [0.25, 0.3) is 0 Å². The first-order valence-electron chi connectivity index (χ1n) is 7.08. The van der Waals surface area contributed by atoms with Crippen LogP contribution in [0.1, 0.15) is 31.9 Å². The molecule has 0 saturated carbocycles. The van der Waals surface area contributed by atoms with Gasteiger partial charge in [-0.25, -0.2) is 0 Å². The molecule has 3 nitrogen and oxygen atoms in total. The van der Waals surface area contributed by atoms with Gasteiger partial charge >= 0.3 is 0 Å². The number of aliphatic hydroxyl groups is 1. The molecule has 2 N–H and O–H groups in total. The van der Waals surface area contributed by atoms with Gasteiger partial charge in [-0.3, -0.25) is 0 Å². The summed E-state index contributed by atoms with van der Waals surface area (Å²) in [6, 6.07) is 6.41. The van der Waals surface area contributed by atoms with Crippen LogP contribution in [0.15, 0.2) is 18.2 Å². The molecule has 0 saturated heterocycles. The Kier molecular flexibility index (Phi) is 14.3. The lowest BCUT2D eigenvalue weighted by molar-refractivity contribution is -0.858. The van der Waals surface area contributed by atoms with Crippen molar-refractivity contribution < 1.29 is 14.7 Å². The second-order valence-corrected chi connectivity index (χ2v) is 4.33. The van der Waals surface area contributed by atoms with E-state index in [4.69, 9.17) is 9.84 Å². The number of quaternary nitrogens is 1. The van der Waals surface area contributed by atoms with Crippen molar-refractivity contribution in [2.24, 2.45) is 0 Å². The number of benzene rings is 1. The van der Waals surface area contributed by atoms with Crippen molar-refractivity contribution in [3.63, 3.8) is 0 Å². The summed E-state index contributed by atoms with van der Waals surface area (Å²) in [5, 5.41) is 7.57. The molecule has 3 heteroatoms. The molecule has 0 radical (unpaired) electrons. The van der Waals surface area contributed by atoms with E-state index in [1.165, 1.54) is 22.6 Å². The van der Waals surface area contributed by atoms with Crippen LogP contribution < -0.4 is 9.64 Å². The van der Waals surface area contributed by atoms with Crippen molar-refractivity contribution in [2.75, 3.05) is 34.4 Å². The minimum absolute atomic E-state index is 0.250. The predicted octanol–water partition coefficient (Wildman–Crippen LogP) is 1.72. The number of hydrogen-bond acceptors (Lipinski definition) is 2. The van der Waals surface area contributed by atoms with E-state index in [-0.39, 0.29) is 6.61 Å². The summed E-state index contributed by atoms with van der Waals surface area (Å²) < 4.78 is 5.22. The Morgan fingerprint density at radius 2 is 1.74 bits per heavy atom. The fourth-order valence-electron chi connectivity index (χ4n) is 1.49. The largest absolute Gasteiger partial charge is 0.496 e. The van der Waals surface area contributed by atoms with Crippen LogP contribution >= 0.6 is 0 Å². The Morgan fingerprint density at radius 3 is 2.11 bits per heavy atom. The van der Waals surface area contributed by atoms with Gasteiger partial charge in [0.05, 0.1) is 27.7 Å². The van der Waals surface area contributed by atoms with Gasteiger partial charge in [0.2, 0.25) is 0 Å². The molecule has 1 aromatic carbocycles. The number of nitrogens with one attached hydrogen (secondary N) is 1. The molecule has 0 atom stereocenters. The maximum Gasteiger partial charge on any atom is 0.121 e. The standard InChI is InChI=1S/C12H19NO.C2H6O.C2H6/c1-10-9-11(7-8-13(2)3)5-6-12(10)14-4;1-2-3;1-2/h5-6,9H,7-8H2,1-4H3;3H,2H2,1H3;1-2H3/p+1. The first kappa shape index (κ1) is 20.3. The summed E-state index contributed by atoms with van der Waals surface area (Å²) in [6.45, 7) is 9.19. The third-order valence-electron chi connectivity index (χ3n) is 2.37. The molecule has 0 fully saturated rings. The molecular formula is C16H32NO2+. The number of aryl methyl sites for hydroxylation is 1. The van der Waals surface area contributed by atoms with E-state index in [0.29, 0.717) is 0 Å². The molecule has 1 rings (SSSR count). The van der Waals surface area contributed by atoms with E-state index >= 15 is 0 Å². The molecule has 112 valence electrons. The molecule has 19 heavy (non-hydrogen) atoms. The highest BCUT2D eigenvalue weighted by Gasteiger charge is 2.01. The van der Waals surface area contributed by atoms with E-state index in [1.807, 2.05) is 13.8 Å². The van der Waals surface area contributed by atoms with Gasteiger partial charge in [0, 0.05) is 13.0 Å². The van der Waals surface area contributed by atoms with Gasteiger partial charge in [-0.05, 0) is 31.0 Å². The van der Waals surface area contributed by atoms with Crippen molar-refractivity contribution in [3.05, 3.63) is 29.3 Å². The molecule has 0 unspecified atom stereocenters. The van der Waals surface area contributed by atoms with E-state index in [0.717, 1.165) is 12.2 Å². The summed E-state index contributed by atoms with van der Waals surface area (Å²) in [7, 11) is 6.07. The highest BCUT2D eigenvalue weighted by Crippen LogP contribution is 2.18. The number of methoxy groups -OCH3 is 1. The summed E-state index contributed by atoms with van der Waals surface area (Å²) in [5.74, 6) is 0.978. The summed E-state index contributed by atoms with van der Waals surface area (Å²) >= 11 is 0. The van der Waals surface area contributed by atoms with E-state index < -0.39 is 0 Å². The Bertz CT molecular complexity index is 312. The van der Waals surface area contributed by atoms with Crippen molar-refractivity contribution >= 4 is 0 Å². The number of rotatable bonds is 4. The molecule has 0 heterocycles. The lowest BCUT2D eigenvalue weighted by atomic mass is 10.1. The van der Waals surface area contributed by atoms with Crippen LogP contribution in [-0.2, 0) is 6.42 Å². The molecule has 0 bridgehead atoms. The topological polar surface area (TPSA) is 33.9 Å². The molecule has 0 amide bonds. The highest BCUT2D eigenvalue weighted by molar-refractivity contribution is 5.36. The zero-order valence-electron chi connectivity index (χ0n) is 13.7. The number of ether oxygens (including phenoxy) is 1. The van der Waals surface area contributed by atoms with Crippen molar-refractivity contribution in [1.29, 1.82) is 0 Å². The van der Waals surface area contributed by atoms with Crippen molar-refractivity contribution in [1.82, 2.24) is 0 Å². The van der Waals surface area contributed by atoms with Gasteiger partial charge in [-0.1, -0.05) is 26.0 Å². The Balaban J connectivity index is 0. The fraction of sp³-hybridized carbons (Fsp3) is 0.625. The fourth-order valence-corrected chi connectivity index (χ4v) is 1.49. The molecular weight excluding hydrogens is 238 g/mol. The Labute approximate surface area is 119 Å². The zero-order chi connectivity index (χ0) is 15.3. The van der Waals surface area contributed by atoms with Crippen LogP contribution in [-0.4, -0.2) is 39.5 Å². The van der Waals surface area contributed by atoms with Crippen LogP contribution in [0, 0.1) is 6.92 Å². The number of aliphatic hydroxyl groups excluding tert-OH is 1. The van der Waals surface area contributed by atoms with Crippen LogP contribution in [0.25, 0.3) is 0 Å². The van der Waals surface area contributed by atoms with E-state index in [9.17, 15) is 0 Å². The molecule has 0 aliphatic carbocycles. The van der Waals surface area contributed by atoms with Crippen LogP contribution in [0.2, 0.25) is 0 Å². The van der Waals surface area contributed by atoms with Gasteiger partial charge in [0.15, 0.2) is 0 Å². The normalized spacial score (nSPS) is 9.11. The summed E-state index contributed by atoms with van der Waals surface area (Å²) in [6.07, 6.45) is 1.13. The number of likely N-dealkylation sites (N-methyl/N-ethyl adjacent to an activating group) is 1. The van der Waals surface area contributed by atoms with E-state index in [1.54, 1.807) is 14.0 Å². The van der Waals surface area contributed by atoms with Gasteiger partial charge in [0.1, 0.15) is 5.75 Å². The van der Waals surface area contributed by atoms with Gasteiger partial charge < -0.3 is 14.7 Å². The molecule has 0 aromatic heterocycles. The Hall–Kier alpha value is -1.06. The smallest absolute Gasteiger partial charge is 0.121 e. The number of hydrogen-bond donors (Lipinski definition) is 2. The first-order chi connectivity index (χ1) is 9.04. The SMILES string of the molecule is CC.CCO.COc1ccc(CC[NH+](C)C)cc1C. The Morgan fingerprint density at radius 1 is 1.21 bits per heavy atom. The summed E-state index contributed by atoms with van der Waals surface area (Å²) in [5.41, 5.74) is 2.61. The van der Waals surface area contributed by atoms with Gasteiger partial charge in [-0.2, -0.15) is 0 Å². The average molecular weight is 270 g/mol. The monoisotopic (exact) mass is 270 g/mol. The minimum atomic E-state index is 0.250. The molecule has 0 aliphatic heterocycles. The lowest BCUT2D eigenvalue weighted by Gasteiger charge is -2.09.